The predicted octanol–water partition coefficient (Wildman–Crippen LogP) is 1.23. The summed E-state index contributed by atoms with van der Waals surface area (Å²) >= 11 is 0. The van der Waals surface area contributed by atoms with E-state index in [1.165, 1.54) is 13.2 Å². The monoisotopic (exact) mass is 284 g/mol. The van der Waals surface area contributed by atoms with E-state index in [4.69, 9.17) is 4.74 Å². The summed E-state index contributed by atoms with van der Waals surface area (Å²) < 4.78 is 4.81. The van der Waals surface area contributed by atoms with Crippen LogP contribution < -0.4 is 10.6 Å². The van der Waals surface area contributed by atoms with E-state index >= 15 is 0 Å². The van der Waals surface area contributed by atoms with E-state index in [1.807, 2.05) is 6.92 Å². The van der Waals surface area contributed by atoms with Crippen LogP contribution in [-0.2, 0) is 4.74 Å². The minimum Gasteiger partial charge on any atom is -0.391 e. The molecule has 1 rings (SSSR count). The molecule has 0 aliphatic rings. The van der Waals surface area contributed by atoms with Gasteiger partial charge in [0.2, 0.25) is 5.82 Å². The Labute approximate surface area is 117 Å². The summed E-state index contributed by atoms with van der Waals surface area (Å²) in [5.41, 5.74) is -0.0899. The summed E-state index contributed by atoms with van der Waals surface area (Å²) in [6, 6.07) is 2.96. The van der Waals surface area contributed by atoms with Gasteiger partial charge in [-0.3, -0.25) is 10.1 Å². The highest BCUT2D eigenvalue weighted by Gasteiger charge is 2.16. The largest absolute Gasteiger partial charge is 0.391 e. The third-order valence-electron chi connectivity index (χ3n) is 2.56. The minimum atomic E-state index is -0.608. The number of nitrogens with zero attached hydrogens (tertiary/aromatic N) is 2. The van der Waals surface area contributed by atoms with Crippen molar-refractivity contribution < 1.29 is 14.8 Å². The van der Waals surface area contributed by atoms with Crippen LogP contribution in [-0.4, -0.2) is 47.9 Å². The van der Waals surface area contributed by atoms with Crippen molar-refractivity contribution in [1.29, 1.82) is 0 Å². The van der Waals surface area contributed by atoms with E-state index < -0.39 is 11.0 Å². The van der Waals surface area contributed by atoms with Crippen LogP contribution in [0.1, 0.15) is 13.3 Å². The van der Waals surface area contributed by atoms with Gasteiger partial charge in [0, 0.05) is 26.3 Å². The average Bonchev–Trinajstić information content (AvgIpc) is 2.39. The number of hydrogen-bond donors (Lipinski definition) is 3. The molecule has 0 spiro atoms. The normalized spacial score (nSPS) is 11.9. The predicted molar refractivity (Wildman–Crippen MR) is 76.0 cm³/mol. The molecular weight excluding hydrogens is 264 g/mol. The molecule has 0 aromatic carbocycles. The molecule has 1 aromatic heterocycles. The van der Waals surface area contributed by atoms with Gasteiger partial charge in [-0.05, 0) is 19.4 Å². The van der Waals surface area contributed by atoms with Gasteiger partial charge >= 0.3 is 5.69 Å². The second kappa shape index (κ2) is 8.28. The number of pyridine rings is 1. The fourth-order valence-electron chi connectivity index (χ4n) is 1.64. The molecule has 1 heterocycles. The Morgan fingerprint density at radius 3 is 2.85 bits per heavy atom. The summed E-state index contributed by atoms with van der Waals surface area (Å²) in [5.74, 6) is 0.760. The molecule has 1 aromatic rings. The molecule has 20 heavy (non-hydrogen) atoms. The lowest BCUT2D eigenvalue weighted by molar-refractivity contribution is -0.384. The first-order valence-corrected chi connectivity index (χ1v) is 6.38. The van der Waals surface area contributed by atoms with Gasteiger partial charge in [-0.25, -0.2) is 4.98 Å². The minimum absolute atomic E-state index is 0.0899. The third kappa shape index (κ3) is 4.98. The van der Waals surface area contributed by atoms with Crippen LogP contribution in [0.2, 0.25) is 0 Å². The van der Waals surface area contributed by atoms with Gasteiger partial charge in [-0.1, -0.05) is 0 Å². The van der Waals surface area contributed by atoms with Crippen molar-refractivity contribution >= 4 is 17.3 Å². The molecular formula is C12H20N4O4. The van der Waals surface area contributed by atoms with Gasteiger partial charge in [0.05, 0.1) is 17.6 Å². The number of nitro groups is 1. The molecule has 0 bridgehead atoms. The lowest BCUT2D eigenvalue weighted by Crippen LogP contribution is -2.19. The van der Waals surface area contributed by atoms with Gasteiger partial charge in [-0.2, -0.15) is 0 Å². The van der Waals surface area contributed by atoms with Crippen LogP contribution in [0.15, 0.2) is 12.1 Å². The maximum atomic E-state index is 10.9. The van der Waals surface area contributed by atoms with E-state index in [0.717, 1.165) is 0 Å². The number of anilines is 2. The molecule has 0 aliphatic carbocycles. The summed E-state index contributed by atoms with van der Waals surface area (Å²) in [7, 11) is 1.50. The summed E-state index contributed by atoms with van der Waals surface area (Å²) in [6.07, 6.45) is -0.193. The maximum absolute atomic E-state index is 10.9. The van der Waals surface area contributed by atoms with Crippen molar-refractivity contribution in [1.82, 2.24) is 4.98 Å². The SMILES string of the molecule is CCNc1ccc([N+](=O)[O-])c(NCCC(O)COC)n1. The van der Waals surface area contributed by atoms with Crippen LogP contribution in [0.5, 0.6) is 0 Å². The topological polar surface area (TPSA) is 110 Å². The number of aliphatic hydroxyl groups excluding tert-OH is 1. The Morgan fingerprint density at radius 2 is 2.25 bits per heavy atom. The van der Waals surface area contributed by atoms with Gasteiger partial charge in [0.25, 0.3) is 0 Å². The highest BCUT2D eigenvalue weighted by atomic mass is 16.6. The van der Waals surface area contributed by atoms with Crippen LogP contribution in [0.25, 0.3) is 0 Å². The number of aromatic nitrogens is 1. The lowest BCUT2D eigenvalue weighted by Gasteiger charge is -2.11. The van der Waals surface area contributed by atoms with Crippen molar-refractivity contribution in [2.24, 2.45) is 0 Å². The number of methoxy groups -OCH3 is 1. The first-order chi connectivity index (χ1) is 9.58. The Balaban J connectivity index is 2.69. The molecule has 112 valence electrons. The van der Waals surface area contributed by atoms with Crippen molar-refractivity contribution in [3.8, 4) is 0 Å². The first kappa shape index (κ1) is 16.1. The second-order valence-corrected chi connectivity index (χ2v) is 4.18. The average molecular weight is 284 g/mol. The van der Waals surface area contributed by atoms with E-state index in [9.17, 15) is 15.2 Å². The molecule has 1 unspecified atom stereocenters. The number of nitrogens with one attached hydrogen (secondary N) is 2. The molecule has 3 N–H and O–H groups in total. The highest BCUT2D eigenvalue weighted by Crippen LogP contribution is 2.23. The number of aliphatic hydroxyl groups is 1. The number of ether oxygens (including phenoxy) is 1. The van der Waals surface area contributed by atoms with E-state index in [1.54, 1.807) is 6.07 Å². The molecule has 0 radical (unpaired) electrons. The van der Waals surface area contributed by atoms with Crippen molar-refractivity contribution in [2.45, 2.75) is 19.4 Å². The molecule has 0 saturated heterocycles. The van der Waals surface area contributed by atoms with E-state index in [2.05, 4.69) is 15.6 Å². The molecule has 0 aliphatic heterocycles. The Hall–Kier alpha value is -1.93. The maximum Gasteiger partial charge on any atom is 0.311 e. The van der Waals surface area contributed by atoms with Crippen LogP contribution in [0.4, 0.5) is 17.3 Å². The Kier molecular flexibility index (Phi) is 6.68. The zero-order valence-electron chi connectivity index (χ0n) is 11.6. The fourth-order valence-corrected chi connectivity index (χ4v) is 1.64. The van der Waals surface area contributed by atoms with Gasteiger partial charge in [0.1, 0.15) is 5.82 Å². The van der Waals surface area contributed by atoms with Crippen molar-refractivity contribution in [2.75, 3.05) is 37.4 Å². The molecule has 8 heteroatoms. The van der Waals surface area contributed by atoms with Crippen molar-refractivity contribution in [3.05, 3.63) is 22.2 Å². The molecule has 1 atom stereocenters. The standard InChI is InChI=1S/C12H20N4O4/c1-3-13-11-5-4-10(16(18)19)12(15-11)14-7-6-9(17)8-20-2/h4-5,9,17H,3,6-8H2,1-2H3,(H2,13,14,15). The molecule has 0 saturated carbocycles. The zero-order valence-corrected chi connectivity index (χ0v) is 11.6. The van der Waals surface area contributed by atoms with E-state index in [0.29, 0.717) is 25.3 Å². The number of hydrogen-bond acceptors (Lipinski definition) is 7. The van der Waals surface area contributed by atoms with Crippen LogP contribution >= 0.6 is 0 Å². The van der Waals surface area contributed by atoms with Gasteiger partial charge in [-0.15, -0.1) is 0 Å². The summed E-state index contributed by atoms with van der Waals surface area (Å²) in [5, 5.41) is 26.3. The summed E-state index contributed by atoms with van der Waals surface area (Å²) in [4.78, 5) is 14.6. The fraction of sp³-hybridized carbons (Fsp3) is 0.583. The summed E-state index contributed by atoms with van der Waals surface area (Å²) in [6.45, 7) is 3.19. The van der Waals surface area contributed by atoms with Gasteiger partial charge in [0.15, 0.2) is 0 Å². The lowest BCUT2D eigenvalue weighted by atomic mass is 10.2. The Morgan fingerprint density at radius 1 is 1.50 bits per heavy atom. The smallest absolute Gasteiger partial charge is 0.311 e. The zero-order chi connectivity index (χ0) is 15.0. The third-order valence-corrected chi connectivity index (χ3v) is 2.56. The quantitative estimate of drug-likeness (QED) is 0.462. The molecule has 0 fully saturated rings. The highest BCUT2D eigenvalue weighted by molar-refractivity contribution is 5.60. The molecule has 0 amide bonds. The first-order valence-electron chi connectivity index (χ1n) is 6.38. The van der Waals surface area contributed by atoms with Crippen LogP contribution in [0.3, 0.4) is 0 Å². The van der Waals surface area contributed by atoms with E-state index in [-0.39, 0.29) is 18.1 Å². The van der Waals surface area contributed by atoms with Crippen LogP contribution in [0, 0.1) is 10.1 Å². The number of rotatable bonds is 9. The second-order valence-electron chi connectivity index (χ2n) is 4.18. The molecule has 8 nitrogen and oxygen atoms in total. The van der Waals surface area contributed by atoms with Crippen molar-refractivity contribution in [3.63, 3.8) is 0 Å². The van der Waals surface area contributed by atoms with Gasteiger partial charge < -0.3 is 20.5 Å². The Bertz CT molecular complexity index is 441.